The summed E-state index contributed by atoms with van der Waals surface area (Å²) in [6.07, 6.45) is 6.56. The van der Waals surface area contributed by atoms with E-state index in [9.17, 15) is 14.2 Å². The van der Waals surface area contributed by atoms with Crippen LogP contribution in [0.4, 0.5) is 11.5 Å². The lowest BCUT2D eigenvalue weighted by atomic mass is 9.94. The average molecular weight is 502 g/mol. The zero-order valence-corrected chi connectivity index (χ0v) is 20.1. The van der Waals surface area contributed by atoms with Crippen molar-refractivity contribution in [3.8, 4) is 5.88 Å². The Morgan fingerprint density at radius 3 is 2.71 bits per heavy atom. The SMILES string of the molecule is COc1nc(N2CCC(CCP(=O)(O)O)CC2)cc2cnn(CC(=O)Nc3cccnc3)c(=O)c12. The molecule has 3 aromatic heterocycles. The van der Waals surface area contributed by atoms with Crippen molar-refractivity contribution < 1.29 is 23.9 Å². The van der Waals surface area contributed by atoms with Crippen LogP contribution in [0.25, 0.3) is 10.8 Å². The summed E-state index contributed by atoms with van der Waals surface area (Å²) in [7, 11) is -2.56. The normalized spacial score (nSPS) is 14.8. The summed E-state index contributed by atoms with van der Waals surface area (Å²) in [4.78, 5) is 54.2. The van der Waals surface area contributed by atoms with Gasteiger partial charge in [-0.1, -0.05) is 0 Å². The zero-order chi connectivity index (χ0) is 25.0. The van der Waals surface area contributed by atoms with E-state index in [-0.39, 0.29) is 29.9 Å². The van der Waals surface area contributed by atoms with Gasteiger partial charge in [-0.25, -0.2) is 4.68 Å². The van der Waals surface area contributed by atoms with Crippen LogP contribution >= 0.6 is 7.60 Å². The molecule has 0 spiro atoms. The summed E-state index contributed by atoms with van der Waals surface area (Å²) in [5.41, 5.74) is 0.0246. The first-order valence-corrected chi connectivity index (χ1v) is 13.0. The van der Waals surface area contributed by atoms with Crippen LogP contribution in [0.5, 0.6) is 5.88 Å². The number of nitrogens with one attached hydrogen (secondary N) is 1. The van der Waals surface area contributed by atoms with E-state index in [1.54, 1.807) is 24.4 Å². The Morgan fingerprint density at radius 2 is 2.06 bits per heavy atom. The van der Waals surface area contributed by atoms with E-state index in [0.717, 1.165) is 17.5 Å². The highest BCUT2D eigenvalue weighted by atomic mass is 31.2. The number of hydrogen-bond acceptors (Lipinski definition) is 8. The number of carbonyl (C=O) groups is 1. The van der Waals surface area contributed by atoms with Crippen LogP contribution in [0, 0.1) is 5.92 Å². The topological polar surface area (TPSA) is 160 Å². The quantitative estimate of drug-likeness (QED) is 0.386. The van der Waals surface area contributed by atoms with Gasteiger partial charge in [-0.05, 0) is 43.4 Å². The van der Waals surface area contributed by atoms with Gasteiger partial charge >= 0.3 is 7.60 Å². The molecular formula is C22H27N6O6P. The molecule has 4 heterocycles. The maximum Gasteiger partial charge on any atom is 0.325 e. The van der Waals surface area contributed by atoms with E-state index < -0.39 is 19.1 Å². The molecule has 1 aliphatic rings. The number of methoxy groups -OCH3 is 1. The van der Waals surface area contributed by atoms with Gasteiger partial charge in [-0.15, -0.1) is 0 Å². The standard InChI is InChI=1S/C22H27N6O6P/c1-34-21-20-16(11-18(26-21)27-8-4-15(5-9-27)6-10-35(31,32)33)12-24-28(22(20)30)14-19(29)25-17-3-2-7-23-13-17/h2-3,7,11-13,15H,4-6,8-10,14H2,1H3,(H,25,29)(H2,31,32,33). The lowest BCUT2D eigenvalue weighted by Gasteiger charge is -2.33. The number of hydrogen-bond donors (Lipinski definition) is 3. The fourth-order valence-corrected chi connectivity index (χ4v) is 4.86. The fourth-order valence-electron chi connectivity index (χ4n) is 4.15. The van der Waals surface area contributed by atoms with Crippen LogP contribution in [0.1, 0.15) is 19.3 Å². The van der Waals surface area contributed by atoms with Crippen molar-refractivity contribution in [1.29, 1.82) is 0 Å². The van der Waals surface area contributed by atoms with Crippen LogP contribution in [0.15, 0.2) is 41.6 Å². The third-order valence-electron chi connectivity index (χ3n) is 5.99. The van der Waals surface area contributed by atoms with Crippen molar-refractivity contribution in [2.45, 2.75) is 25.8 Å². The monoisotopic (exact) mass is 502 g/mol. The lowest BCUT2D eigenvalue weighted by Crippen LogP contribution is -2.35. The van der Waals surface area contributed by atoms with E-state index in [0.29, 0.717) is 36.4 Å². The number of piperidine rings is 1. The Labute approximate surface area is 201 Å². The van der Waals surface area contributed by atoms with Crippen molar-refractivity contribution in [3.63, 3.8) is 0 Å². The highest BCUT2D eigenvalue weighted by Gasteiger charge is 2.24. The smallest absolute Gasteiger partial charge is 0.325 e. The summed E-state index contributed by atoms with van der Waals surface area (Å²) in [5, 5.41) is 7.61. The minimum Gasteiger partial charge on any atom is -0.480 e. The number of anilines is 2. The maximum atomic E-state index is 13.1. The molecule has 0 aliphatic carbocycles. The summed E-state index contributed by atoms with van der Waals surface area (Å²) < 4.78 is 17.6. The van der Waals surface area contributed by atoms with Crippen LogP contribution < -0.4 is 20.5 Å². The Bertz CT molecular complexity index is 1300. The Morgan fingerprint density at radius 1 is 1.29 bits per heavy atom. The van der Waals surface area contributed by atoms with Gasteiger partial charge in [0.1, 0.15) is 17.7 Å². The lowest BCUT2D eigenvalue weighted by molar-refractivity contribution is -0.117. The van der Waals surface area contributed by atoms with Crippen molar-refractivity contribution in [2.75, 3.05) is 36.6 Å². The molecule has 3 aromatic rings. The molecule has 0 saturated carbocycles. The molecule has 1 amide bonds. The molecule has 4 rings (SSSR count). The third kappa shape index (κ3) is 6.21. The second kappa shape index (κ2) is 10.5. The molecule has 0 radical (unpaired) electrons. The van der Waals surface area contributed by atoms with Gasteiger partial charge in [0.05, 0.1) is 31.4 Å². The number of nitrogens with zero attached hydrogens (tertiary/aromatic N) is 5. The van der Waals surface area contributed by atoms with Crippen molar-refractivity contribution >= 4 is 35.8 Å². The van der Waals surface area contributed by atoms with Gasteiger partial charge in [-0.3, -0.25) is 19.1 Å². The first-order valence-electron chi connectivity index (χ1n) is 11.2. The molecule has 0 bridgehead atoms. The highest BCUT2D eigenvalue weighted by molar-refractivity contribution is 7.51. The third-order valence-corrected chi connectivity index (χ3v) is 6.83. The van der Waals surface area contributed by atoms with Gasteiger partial charge in [-0.2, -0.15) is 10.1 Å². The first-order chi connectivity index (χ1) is 16.7. The Hall–Kier alpha value is -3.34. The number of fused-ring (bicyclic) bond motifs is 1. The highest BCUT2D eigenvalue weighted by Crippen LogP contribution is 2.38. The van der Waals surface area contributed by atoms with E-state index in [1.165, 1.54) is 19.5 Å². The minimum atomic E-state index is -3.99. The molecule has 35 heavy (non-hydrogen) atoms. The molecule has 12 nitrogen and oxygen atoms in total. The summed E-state index contributed by atoms with van der Waals surface area (Å²) in [6.45, 7) is 1.07. The number of carbonyl (C=O) groups excluding carboxylic acids is 1. The summed E-state index contributed by atoms with van der Waals surface area (Å²) in [6, 6.07) is 5.15. The predicted molar refractivity (Wildman–Crippen MR) is 130 cm³/mol. The molecule has 1 saturated heterocycles. The first kappa shape index (κ1) is 24.8. The van der Waals surface area contributed by atoms with Gasteiger partial charge < -0.3 is 24.7 Å². The number of aromatic nitrogens is 4. The summed E-state index contributed by atoms with van der Waals surface area (Å²) in [5.74, 6) is 0.607. The largest absolute Gasteiger partial charge is 0.480 e. The van der Waals surface area contributed by atoms with Crippen molar-refractivity contribution in [2.24, 2.45) is 5.92 Å². The van der Waals surface area contributed by atoms with Crippen LogP contribution in [0.3, 0.4) is 0 Å². The molecular weight excluding hydrogens is 475 g/mol. The van der Waals surface area contributed by atoms with E-state index >= 15 is 0 Å². The Balaban J connectivity index is 1.50. The maximum absolute atomic E-state index is 13.1. The fraction of sp³-hybridized carbons (Fsp3) is 0.409. The molecule has 1 aliphatic heterocycles. The zero-order valence-electron chi connectivity index (χ0n) is 19.2. The van der Waals surface area contributed by atoms with Crippen LogP contribution in [0.2, 0.25) is 0 Å². The second-order valence-corrected chi connectivity index (χ2v) is 10.2. The number of ether oxygens (including phenoxy) is 1. The molecule has 13 heteroatoms. The van der Waals surface area contributed by atoms with E-state index in [2.05, 4.69) is 25.3 Å². The summed E-state index contributed by atoms with van der Waals surface area (Å²) >= 11 is 0. The van der Waals surface area contributed by atoms with E-state index in [4.69, 9.17) is 14.5 Å². The van der Waals surface area contributed by atoms with Gasteiger partial charge in [0.2, 0.25) is 11.8 Å². The molecule has 0 unspecified atom stereocenters. The Kier molecular flexibility index (Phi) is 7.44. The number of amides is 1. The molecule has 186 valence electrons. The average Bonchev–Trinajstić information content (AvgIpc) is 2.84. The van der Waals surface area contributed by atoms with Gasteiger partial charge in [0.15, 0.2) is 0 Å². The van der Waals surface area contributed by atoms with Gasteiger partial charge in [0, 0.05) is 24.7 Å². The molecule has 0 aromatic carbocycles. The minimum absolute atomic E-state index is 0.0993. The molecule has 0 atom stereocenters. The van der Waals surface area contributed by atoms with Crippen LogP contribution in [-0.4, -0.2) is 61.8 Å². The molecule has 1 fully saturated rings. The van der Waals surface area contributed by atoms with Crippen molar-refractivity contribution in [3.05, 3.63) is 47.1 Å². The van der Waals surface area contributed by atoms with Gasteiger partial charge in [0.25, 0.3) is 5.56 Å². The molecule has 3 N–H and O–H groups in total. The number of pyridine rings is 2. The van der Waals surface area contributed by atoms with E-state index in [1.807, 2.05) is 0 Å². The van der Waals surface area contributed by atoms with Crippen molar-refractivity contribution in [1.82, 2.24) is 19.7 Å². The second-order valence-electron chi connectivity index (χ2n) is 8.46. The number of rotatable bonds is 8. The predicted octanol–water partition coefficient (Wildman–Crippen LogP) is 1.62. The van der Waals surface area contributed by atoms with Crippen LogP contribution in [-0.2, 0) is 15.9 Å².